The molecule has 3 unspecified atom stereocenters. The standard InChI is InChI=1S/C13H22N2O4/c16-11-6-2-1-5-10(11)14-13(19)15-7-3-4-9(8-15)12(17)18/h9-11,16H,1-8H2,(H,14,19)(H,17,18). The average molecular weight is 270 g/mol. The fraction of sp³-hybridized carbons (Fsp3) is 0.846. The van der Waals surface area contributed by atoms with E-state index in [0.29, 0.717) is 13.0 Å². The molecular weight excluding hydrogens is 248 g/mol. The Bertz CT molecular complexity index is 348. The summed E-state index contributed by atoms with van der Waals surface area (Å²) in [7, 11) is 0. The zero-order chi connectivity index (χ0) is 13.8. The van der Waals surface area contributed by atoms with Crippen molar-refractivity contribution in [1.82, 2.24) is 10.2 Å². The second-order valence-electron chi connectivity index (χ2n) is 5.53. The minimum Gasteiger partial charge on any atom is -0.481 e. The Kier molecular flexibility index (Phi) is 4.63. The van der Waals surface area contributed by atoms with E-state index in [9.17, 15) is 14.7 Å². The molecule has 108 valence electrons. The van der Waals surface area contributed by atoms with Gasteiger partial charge in [0.1, 0.15) is 0 Å². The van der Waals surface area contributed by atoms with Crippen LogP contribution in [0.2, 0.25) is 0 Å². The van der Waals surface area contributed by atoms with Crippen LogP contribution in [0.5, 0.6) is 0 Å². The third-order valence-electron chi connectivity index (χ3n) is 4.10. The van der Waals surface area contributed by atoms with E-state index in [1.54, 1.807) is 4.90 Å². The molecule has 0 aromatic heterocycles. The summed E-state index contributed by atoms with van der Waals surface area (Å²) in [4.78, 5) is 24.6. The molecule has 1 saturated carbocycles. The smallest absolute Gasteiger partial charge is 0.317 e. The summed E-state index contributed by atoms with van der Waals surface area (Å²) in [5.41, 5.74) is 0. The van der Waals surface area contributed by atoms with Crippen molar-refractivity contribution < 1.29 is 19.8 Å². The largest absolute Gasteiger partial charge is 0.481 e. The van der Waals surface area contributed by atoms with Crippen molar-refractivity contribution in [3.05, 3.63) is 0 Å². The third kappa shape index (κ3) is 3.59. The van der Waals surface area contributed by atoms with Crippen LogP contribution < -0.4 is 5.32 Å². The molecule has 0 aromatic carbocycles. The van der Waals surface area contributed by atoms with Gasteiger partial charge in [-0.3, -0.25) is 4.79 Å². The van der Waals surface area contributed by atoms with Crippen LogP contribution in [-0.4, -0.2) is 52.3 Å². The van der Waals surface area contributed by atoms with Gasteiger partial charge in [-0.25, -0.2) is 4.79 Å². The number of aliphatic hydroxyl groups is 1. The monoisotopic (exact) mass is 270 g/mol. The second-order valence-corrected chi connectivity index (χ2v) is 5.53. The van der Waals surface area contributed by atoms with Crippen molar-refractivity contribution in [1.29, 1.82) is 0 Å². The maximum Gasteiger partial charge on any atom is 0.317 e. The molecule has 0 bridgehead atoms. The SMILES string of the molecule is O=C(O)C1CCCN(C(=O)NC2CCCCC2O)C1. The molecule has 3 N–H and O–H groups in total. The van der Waals surface area contributed by atoms with Crippen molar-refractivity contribution in [3.8, 4) is 0 Å². The fourth-order valence-corrected chi connectivity index (χ4v) is 2.89. The molecule has 19 heavy (non-hydrogen) atoms. The molecule has 1 aliphatic heterocycles. The quantitative estimate of drug-likeness (QED) is 0.692. The number of piperidine rings is 1. The van der Waals surface area contributed by atoms with Crippen molar-refractivity contribution >= 4 is 12.0 Å². The highest BCUT2D eigenvalue weighted by Gasteiger charge is 2.31. The zero-order valence-corrected chi connectivity index (χ0v) is 11.0. The van der Waals surface area contributed by atoms with Crippen LogP contribution in [0.15, 0.2) is 0 Å². The van der Waals surface area contributed by atoms with E-state index in [1.807, 2.05) is 0 Å². The number of rotatable bonds is 2. The number of hydrogen-bond donors (Lipinski definition) is 3. The normalized spacial score (nSPS) is 31.8. The van der Waals surface area contributed by atoms with Crippen LogP contribution in [0.1, 0.15) is 38.5 Å². The predicted molar refractivity (Wildman–Crippen MR) is 68.7 cm³/mol. The lowest BCUT2D eigenvalue weighted by molar-refractivity contribution is -0.143. The molecule has 2 rings (SSSR count). The third-order valence-corrected chi connectivity index (χ3v) is 4.10. The molecule has 2 amide bonds. The molecule has 2 fully saturated rings. The lowest BCUT2D eigenvalue weighted by Gasteiger charge is -2.34. The first kappa shape index (κ1) is 14.1. The molecule has 1 saturated heterocycles. The summed E-state index contributed by atoms with van der Waals surface area (Å²) in [6.07, 6.45) is 4.41. The van der Waals surface area contributed by atoms with Gasteiger partial charge in [0.05, 0.1) is 18.1 Å². The number of nitrogens with one attached hydrogen (secondary N) is 1. The highest BCUT2D eigenvalue weighted by molar-refractivity contribution is 5.76. The van der Waals surface area contributed by atoms with Gasteiger partial charge in [-0.1, -0.05) is 12.8 Å². The maximum absolute atomic E-state index is 12.1. The Balaban J connectivity index is 1.86. The number of hydrogen-bond acceptors (Lipinski definition) is 3. The first-order valence-corrected chi connectivity index (χ1v) is 7.04. The van der Waals surface area contributed by atoms with Crippen molar-refractivity contribution in [2.75, 3.05) is 13.1 Å². The van der Waals surface area contributed by atoms with Gasteiger partial charge in [-0.05, 0) is 25.7 Å². The topological polar surface area (TPSA) is 89.9 Å². The molecule has 3 atom stereocenters. The molecular formula is C13H22N2O4. The Hall–Kier alpha value is -1.30. The van der Waals surface area contributed by atoms with E-state index in [2.05, 4.69) is 5.32 Å². The summed E-state index contributed by atoms with van der Waals surface area (Å²) < 4.78 is 0. The van der Waals surface area contributed by atoms with E-state index in [1.165, 1.54) is 0 Å². The van der Waals surface area contributed by atoms with E-state index in [4.69, 9.17) is 5.11 Å². The lowest BCUT2D eigenvalue weighted by atomic mass is 9.92. The van der Waals surface area contributed by atoms with Gasteiger partial charge in [0, 0.05) is 13.1 Å². The Morgan fingerprint density at radius 3 is 2.53 bits per heavy atom. The minimum absolute atomic E-state index is 0.188. The highest BCUT2D eigenvalue weighted by Crippen LogP contribution is 2.20. The average Bonchev–Trinajstić information content (AvgIpc) is 2.41. The van der Waals surface area contributed by atoms with Crippen molar-refractivity contribution in [2.24, 2.45) is 5.92 Å². The van der Waals surface area contributed by atoms with Gasteiger partial charge in [-0.2, -0.15) is 0 Å². The van der Waals surface area contributed by atoms with E-state index < -0.39 is 18.0 Å². The summed E-state index contributed by atoms with van der Waals surface area (Å²) in [5.74, 6) is -1.30. The van der Waals surface area contributed by atoms with Crippen LogP contribution in [0.25, 0.3) is 0 Å². The minimum atomic E-state index is -0.838. The van der Waals surface area contributed by atoms with E-state index >= 15 is 0 Å². The number of likely N-dealkylation sites (tertiary alicyclic amines) is 1. The number of urea groups is 1. The molecule has 0 aromatic rings. The molecule has 0 radical (unpaired) electrons. The Morgan fingerprint density at radius 2 is 1.84 bits per heavy atom. The van der Waals surface area contributed by atoms with Crippen molar-refractivity contribution in [3.63, 3.8) is 0 Å². The summed E-state index contributed by atoms with van der Waals surface area (Å²) in [6.45, 7) is 0.864. The number of carboxylic acids is 1. The van der Waals surface area contributed by atoms with Crippen molar-refractivity contribution in [2.45, 2.75) is 50.7 Å². The van der Waals surface area contributed by atoms with Crippen LogP contribution in [0, 0.1) is 5.92 Å². The van der Waals surface area contributed by atoms with Gasteiger partial charge in [0.15, 0.2) is 0 Å². The molecule has 2 aliphatic rings. The van der Waals surface area contributed by atoms with E-state index in [0.717, 1.165) is 32.1 Å². The number of carboxylic acid groups (broad SMARTS) is 1. The highest BCUT2D eigenvalue weighted by atomic mass is 16.4. The summed E-state index contributed by atoms with van der Waals surface area (Å²) >= 11 is 0. The maximum atomic E-state index is 12.1. The summed E-state index contributed by atoms with van der Waals surface area (Å²) in [6, 6.07) is -0.427. The lowest BCUT2D eigenvalue weighted by Crippen LogP contribution is -2.53. The zero-order valence-electron chi connectivity index (χ0n) is 11.0. The Morgan fingerprint density at radius 1 is 1.11 bits per heavy atom. The first-order valence-electron chi connectivity index (χ1n) is 7.04. The van der Waals surface area contributed by atoms with Gasteiger partial charge in [-0.15, -0.1) is 0 Å². The van der Waals surface area contributed by atoms with E-state index in [-0.39, 0.29) is 18.6 Å². The molecule has 6 nitrogen and oxygen atoms in total. The second kappa shape index (κ2) is 6.23. The summed E-state index contributed by atoms with van der Waals surface area (Å²) in [5, 5.41) is 21.7. The van der Waals surface area contributed by atoms with Crippen LogP contribution >= 0.6 is 0 Å². The van der Waals surface area contributed by atoms with Gasteiger partial charge >= 0.3 is 12.0 Å². The fourth-order valence-electron chi connectivity index (χ4n) is 2.89. The number of nitrogens with zero attached hydrogens (tertiary/aromatic N) is 1. The number of amides is 2. The van der Waals surface area contributed by atoms with Gasteiger partial charge in [0.25, 0.3) is 0 Å². The molecule has 6 heteroatoms. The molecule has 1 heterocycles. The number of carbonyl (C=O) groups excluding carboxylic acids is 1. The van der Waals surface area contributed by atoms with Gasteiger partial charge < -0.3 is 20.4 Å². The molecule has 1 aliphatic carbocycles. The number of aliphatic carboxylic acids is 1. The first-order chi connectivity index (χ1) is 9.08. The van der Waals surface area contributed by atoms with Crippen LogP contribution in [0.3, 0.4) is 0 Å². The van der Waals surface area contributed by atoms with Crippen LogP contribution in [0.4, 0.5) is 4.79 Å². The number of carbonyl (C=O) groups is 2. The number of aliphatic hydroxyl groups excluding tert-OH is 1. The van der Waals surface area contributed by atoms with Crippen LogP contribution in [-0.2, 0) is 4.79 Å². The predicted octanol–water partition coefficient (Wildman–Crippen LogP) is 0.796. The Labute approximate surface area is 112 Å². The van der Waals surface area contributed by atoms with Gasteiger partial charge in [0.2, 0.25) is 0 Å². The molecule has 0 spiro atoms.